The monoisotopic (exact) mass is 498 g/mol. The summed E-state index contributed by atoms with van der Waals surface area (Å²) in [6.45, 7) is 5.69. The van der Waals surface area contributed by atoms with Crippen LogP contribution in [0.2, 0.25) is 0 Å². The Hall–Kier alpha value is -3.90. The van der Waals surface area contributed by atoms with Gasteiger partial charge in [-0.15, -0.1) is 0 Å². The third kappa shape index (κ3) is 5.66. The number of sulfonamides is 1. The van der Waals surface area contributed by atoms with Gasteiger partial charge in [-0.3, -0.25) is 9.10 Å². The second-order valence-corrected chi connectivity index (χ2v) is 10.9. The summed E-state index contributed by atoms with van der Waals surface area (Å²) in [5.41, 5.74) is 4.93. The SMILES string of the molecule is Cc1ccc(S(=O)(=O)N(CC(=O)Nc2ccccc2-c2ccccc2)c2ccc(C(C)C)cc2)cc1. The van der Waals surface area contributed by atoms with Gasteiger partial charge in [-0.25, -0.2) is 8.42 Å². The van der Waals surface area contributed by atoms with E-state index < -0.39 is 15.9 Å². The zero-order valence-corrected chi connectivity index (χ0v) is 21.5. The molecule has 0 saturated carbocycles. The number of hydrogen-bond acceptors (Lipinski definition) is 3. The van der Waals surface area contributed by atoms with Crippen LogP contribution in [0.5, 0.6) is 0 Å². The lowest BCUT2D eigenvalue weighted by Crippen LogP contribution is -2.38. The van der Waals surface area contributed by atoms with Crippen molar-refractivity contribution in [1.82, 2.24) is 0 Å². The Labute approximate surface area is 213 Å². The molecular formula is C30H30N2O3S. The highest BCUT2D eigenvalue weighted by atomic mass is 32.2. The van der Waals surface area contributed by atoms with E-state index in [9.17, 15) is 13.2 Å². The molecular weight excluding hydrogens is 468 g/mol. The molecule has 4 aromatic carbocycles. The second-order valence-electron chi connectivity index (χ2n) is 9.03. The Kier molecular flexibility index (Phi) is 7.55. The summed E-state index contributed by atoms with van der Waals surface area (Å²) in [4.78, 5) is 13.4. The van der Waals surface area contributed by atoms with Crippen LogP contribution in [-0.4, -0.2) is 20.9 Å². The molecule has 0 bridgehead atoms. The molecule has 36 heavy (non-hydrogen) atoms. The highest BCUT2D eigenvalue weighted by Gasteiger charge is 2.27. The molecule has 0 heterocycles. The number of carbonyl (C=O) groups is 1. The minimum Gasteiger partial charge on any atom is -0.324 e. The number of nitrogens with one attached hydrogen (secondary N) is 1. The maximum atomic E-state index is 13.7. The van der Waals surface area contributed by atoms with Crippen LogP contribution >= 0.6 is 0 Å². The lowest BCUT2D eigenvalue weighted by molar-refractivity contribution is -0.114. The van der Waals surface area contributed by atoms with Gasteiger partial charge >= 0.3 is 0 Å². The van der Waals surface area contributed by atoms with Gasteiger partial charge in [-0.1, -0.05) is 92.2 Å². The number of nitrogens with zero attached hydrogens (tertiary/aromatic N) is 1. The average molecular weight is 499 g/mol. The number of benzene rings is 4. The fourth-order valence-electron chi connectivity index (χ4n) is 3.96. The lowest BCUT2D eigenvalue weighted by atomic mass is 10.0. The van der Waals surface area contributed by atoms with Crippen molar-refractivity contribution in [2.75, 3.05) is 16.2 Å². The fraction of sp³-hybridized carbons (Fsp3) is 0.167. The molecule has 4 rings (SSSR count). The molecule has 4 aromatic rings. The van der Waals surface area contributed by atoms with E-state index in [2.05, 4.69) is 19.2 Å². The van der Waals surface area contributed by atoms with Gasteiger partial charge in [0.1, 0.15) is 6.54 Å². The third-order valence-electron chi connectivity index (χ3n) is 6.03. The molecule has 0 aliphatic carbocycles. The van der Waals surface area contributed by atoms with Crippen molar-refractivity contribution < 1.29 is 13.2 Å². The standard InChI is InChI=1S/C30H30N2O3S/c1-22(2)24-15-17-26(18-16-24)32(36(34,35)27-19-13-23(3)14-20-27)21-30(33)31-29-12-8-7-11-28(29)25-9-5-4-6-10-25/h4-20,22H,21H2,1-3H3,(H,31,33). The Morgan fingerprint density at radius 3 is 2.06 bits per heavy atom. The molecule has 0 aliphatic rings. The molecule has 0 unspecified atom stereocenters. The number of carbonyl (C=O) groups excluding carboxylic acids is 1. The maximum absolute atomic E-state index is 13.7. The summed E-state index contributed by atoms with van der Waals surface area (Å²) in [5, 5.41) is 2.93. The predicted molar refractivity (Wildman–Crippen MR) is 147 cm³/mol. The Bertz CT molecular complexity index is 1430. The van der Waals surface area contributed by atoms with Crippen LogP contribution in [0.15, 0.2) is 108 Å². The van der Waals surface area contributed by atoms with Crippen molar-refractivity contribution >= 4 is 27.3 Å². The smallest absolute Gasteiger partial charge is 0.264 e. The van der Waals surface area contributed by atoms with Crippen molar-refractivity contribution in [1.29, 1.82) is 0 Å². The molecule has 6 heteroatoms. The number of hydrogen-bond donors (Lipinski definition) is 1. The fourth-order valence-corrected chi connectivity index (χ4v) is 5.38. The predicted octanol–water partition coefficient (Wildman–Crippen LogP) is 6.62. The topological polar surface area (TPSA) is 66.5 Å². The quantitative estimate of drug-likeness (QED) is 0.297. The van der Waals surface area contributed by atoms with Crippen LogP contribution < -0.4 is 9.62 Å². The molecule has 0 aromatic heterocycles. The zero-order valence-electron chi connectivity index (χ0n) is 20.7. The molecule has 0 fully saturated rings. The average Bonchev–Trinajstić information content (AvgIpc) is 2.88. The Morgan fingerprint density at radius 2 is 1.42 bits per heavy atom. The molecule has 0 aliphatic heterocycles. The van der Waals surface area contributed by atoms with Gasteiger partial charge in [0.15, 0.2) is 0 Å². The van der Waals surface area contributed by atoms with Crippen molar-refractivity contribution in [3.05, 3.63) is 114 Å². The first kappa shape index (κ1) is 25.2. The Balaban J connectivity index is 1.67. The summed E-state index contributed by atoms with van der Waals surface area (Å²) in [7, 11) is -3.98. The second kappa shape index (κ2) is 10.8. The molecule has 5 nitrogen and oxygen atoms in total. The highest BCUT2D eigenvalue weighted by molar-refractivity contribution is 7.92. The van der Waals surface area contributed by atoms with E-state index in [1.54, 1.807) is 36.4 Å². The van der Waals surface area contributed by atoms with Crippen LogP contribution in [0.1, 0.15) is 30.9 Å². The first-order valence-corrected chi connectivity index (χ1v) is 13.3. The zero-order chi connectivity index (χ0) is 25.7. The van der Waals surface area contributed by atoms with Crippen molar-refractivity contribution in [3.63, 3.8) is 0 Å². The highest BCUT2D eigenvalue weighted by Crippen LogP contribution is 2.29. The van der Waals surface area contributed by atoms with Crippen LogP contribution in [-0.2, 0) is 14.8 Å². The van der Waals surface area contributed by atoms with E-state index in [0.717, 1.165) is 22.3 Å². The summed E-state index contributed by atoms with van der Waals surface area (Å²) in [5.74, 6) is -0.124. The first-order valence-electron chi connectivity index (χ1n) is 11.9. The number of rotatable bonds is 8. The molecule has 1 amide bonds. The molecule has 0 atom stereocenters. The number of aryl methyl sites for hydroxylation is 1. The number of anilines is 2. The van der Waals surface area contributed by atoms with Crippen LogP contribution in [0.4, 0.5) is 11.4 Å². The van der Waals surface area contributed by atoms with Crippen LogP contribution in [0, 0.1) is 6.92 Å². The van der Waals surface area contributed by atoms with Gasteiger partial charge in [-0.2, -0.15) is 0 Å². The molecule has 1 N–H and O–H groups in total. The van der Waals surface area contributed by atoms with Gasteiger partial charge < -0.3 is 5.32 Å². The van der Waals surface area contributed by atoms with E-state index in [-0.39, 0.29) is 11.4 Å². The van der Waals surface area contributed by atoms with Gasteiger partial charge in [-0.05, 0) is 54.3 Å². The van der Waals surface area contributed by atoms with E-state index in [4.69, 9.17) is 0 Å². The minimum atomic E-state index is -3.98. The molecule has 0 radical (unpaired) electrons. The molecule has 184 valence electrons. The summed E-state index contributed by atoms with van der Waals surface area (Å²) in [6.07, 6.45) is 0. The third-order valence-corrected chi connectivity index (χ3v) is 7.82. The van der Waals surface area contributed by atoms with Gasteiger partial charge in [0.25, 0.3) is 10.0 Å². The number of amides is 1. The van der Waals surface area contributed by atoms with Crippen molar-refractivity contribution in [2.24, 2.45) is 0 Å². The number of para-hydroxylation sites is 1. The van der Waals surface area contributed by atoms with Crippen LogP contribution in [0.25, 0.3) is 11.1 Å². The van der Waals surface area contributed by atoms with E-state index in [0.29, 0.717) is 17.3 Å². The molecule has 0 saturated heterocycles. The van der Waals surface area contributed by atoms with E-state index in [1.807, 2.05) is 73.7 Å². The van der Waals surface area contributed by atoms with E-state index in [1.165, 1.54) is 4.31 Å². The van der Waals surface area contributed by atoms with Crippen molar-refractivity contribution in [2.45, 2.75) is 31.6 Å². The van der Waals surface area contributed by atoms with Crippen molar-refractivity contribution in [3.8, 4) is 11.1 Å². The van der Waals surface area contributed by atoms with Gasteiger partial charge in [0.2, 0.25) is 5.91 Å². The lowest BCUT2D eigenvalue weighted by Gasteiger charge is -2.25. The molecule has 0 spiro atoms. The summed E-state index contributed by atoms with van der Waals surface area (Å²) in [6, 6.07) is 31.2. The largest absolute Gasteiger partial charge is 0.324 e. The summed E-state index contributed by atoms with van der Waals surface area (Å²) < 4.78 is 28.5. The van der Waals surface area contributed by atoms with Gasteiger partial charge in [0, 0.05) is 11.3 Å². The Morgan fingerprint density at radius 1 is 0.806 bits per heavy atom. The van der Waals surface area contributed by atoms with Crippen LogP contribution in [0.3, 0.4) is 0 Å². The maximum Gasteiger partial charge on any atom is 0.264 e. The summed E-state index contributed by atoms with van der Waals surface area (Å²) >= 11 is 0. The normalized spacial score (nSPS) is 11.3. The van der Waals surface area contributed by atoms with E-state index >= 15 is 0 Å². The minimum absolute atomic E-state index is 0.138. The first-order chi connectivity index (χ1) is 17.3. The van der Waals surface area contributed by atoms with Gasteiger partial charge in [0.05, 0.1) is 10.6 Å².